The summed E-state index contributed by atoms with van der Waals surface area (Å²) in [5, 5.41) is 0. The minimum Gasteiger partial charge on any atom is -0.497 e. The molecule has 0 N–H and O–H groups in total. The molecule has 5 heteroatoms. The Morgan fingerprint density at radius 1 is 1.38 bits per heavy atom. The second-order valence-corrected chi connectivity index (χ2v) is 2.87. The molecule has 0 heterocycles. The molecule has 0 fully saturated rings. The summed E-state index contributed by atoms with van der Waals surface area (Å²) in [7, 11) is 1.54. The Morgan fingerprint density at radius 2 is 2.00 bits per heavy atom. The average Bonchev–Trinajstić information content (AvgIpc) is 2.31. The standard InChI is InChI=1S/C11H13NO4/c1-3-16-11(14)12(8-13)9-4-6-10(15-2)7-5-9/h4-8H,3H2,1-2H3. The number of imide groups is 1. The maximum atomic E-state index is 11.4. The van der Waals surface area contributed by atoms with E-state index >= 15 is 0 Å². The summed E-state index contributed by atoms with van der Waals surface area (Å²) < 4.78 is 9.70. The molecule has 0 bridgehead atoms. The average molecular weight is 223 g/mol. The van der Waals surface area contributed by atoms with Gasteiger partial charge in [0.2, 0.25) is 6.41 Å². The van der Waals surface area contributed by atoms with Crippen LogP contribution in [0.2, 0.25) is 0 Å². The first kappa shape index (κ1) is 12.0. The molecule has 1 aromatic carbocycles. The topological polar surface area (TPSA) is 55.8 Å². The molecule has 16 heavy (non-hydrogen) atoms. The van der Waals surface area contributed by atoms with Crippen molar-refractivity contribution in [2.45, 2.75) is 6.92 Å². The van der Waals surface area contributed by atoms with Crippen LogP contribution in [0.5, 0.6) is 5.75 Å². The van der Waals surface area contributed by atoms with Gasteiger partial charge in [0.05, 0.1) is 19.4 Å². The highest BCUT2D eigenvalue weighted by molar-refractivity contribution is 6.03. The van der Waals surface area contributed by atoms with Crippen LogP contribution in [0.15, 0.2) is 24.3 Å². The van der Waals surface area contributed by atoms with Crippen LogP contribution in [-0.4, -0.2) is 26.2 Å². The van der Waals surface area contributed by atoms with Gasteiger partial charge in [0.15, 0.2) is 0 Å². The first-order chi connectivity index (χ1) is 7.72. The Balaban J connectivity index is 2.86. The number of anilines is 1. The summed E-state index contributed by atoms with van der Waals surface area (Å²) in [5.41, 5.74) is 0.439. The van der Waals surface area contributed by atoms with Gasteiger partial charge in [0, 0.05) is 0 Å². The van der Waals surface area contributed by atoms with Crippen LogP contribution in [0.25, 0.3) is 0 Å². The van der Waals surface area contributed by atoms with E-state index in [2.05, 4.69) is 0 Å². The molecule has 5 nitrogen and oxygen atoms in total. The fraction of sp³-hybridized carbons (Fsp3) is 0.273. The molecular weight excluding hydrogens is 210 g/mol. The summed E-state index contributed by atoms with van der Waals surface area (Å²) >= 11 is 0. The van der Waals surface area contributed by atoms with Gasteiger partial charge >= 0.3 is 6.09 Å². The molecular formula is C11H13NO4. The van der Waals surface area contributed by atoms with Crippen molar-refractivity contribution in [1.82, 2.24) is 0 Å². The van der Waals surface area contributed by atoms with Crippen molar-refractivity contribution in [3.63, 3.8) is 0 Å². The number of hydrogen-bond donors (Lipinski definition) is 0. The molecule has 0 spiro atoms. The van der Waals surface area contributed by atoms with E-state index in [9.17, 15) is 9.59 Å². The second kappa shape index (κ2) is 5.75. The van der Waals surface area contributed by atoms with Crippen LogP contribution < -0.4 is 9.64 Å². The van der Waals surface area contributed by atoms with Gasteiger partial charge in [-0.05, 0) is 31.2 Å². The lowest BCUT2D eigenvalue weighted by Gasteiger charge is -2.14. The first-order valence-corrected chi connectivity index (χ1v) is 4.78. The molecule has 0 saturated heterocycles. The number of amides is 2. The zero-order valence-corrected chi connectivity index (χ0v) is 9.17. The first-order valence-electron chi connectivity index (χ1n) is 4.78. The van der Waals surface area contributed by atoms with Crippen molar-refractivity contribution in [2.75, 3.05) is 18.6 Å². The van der Waals surface area contributed by atoms with Crippen molar-refractivity contribution in [2.24, 2.45) is 0 Å². The van der Waals surface area contributed by atoms with Gasteiger partial charge in [-0.25, -0.2) is 9.69 Å². The van der Waals surface area contributed by atoms with E-state index in [4.69, 9.17) is 9.47 Å². The number of rotatable bonds is 4. The van der Waals surface area contributed by atoms with E-state index in [1.54, 1.807) is 31.2 Å². The molecule has 0 aliphatic heterocycles. The molecule has 0 aliphatic carbocycles. The largest absolute Gasteiger partial charge is 0.497 e. The zero-order chi connectivity index (χ0) is 12.0. The fourth-order valence-corrected chi connectivity index (χ4v) is 1.15. The Hall–Kier alpha value is -2.04. The maximum Gasteiger partial charge on any atom is 0.420 e. The Labute approximate surface area is 93.6 Å². The Morgan fingerprint density at radius 3 is 2.44 bits per heavy atom. The predicted octanol–water partition coefficient (Wildman–Crippen LogP) is 1.81. The zero-order valence-electron chi connectivity index (χ0n) is 9.17. The van der Waals surface area contributed by atoms with Crippen LogP contribution in [-0.2, 0) is 9.53 Å². The summed E-state index contributed by atoms with van der Waals surface area (Å²) in [6.07, 6.45) is -0.276. The predicted molar refractivity (Wildman–Crippen MR) is 58.6 cm³/mol. The van der Waals surface area contributed by atoms with Gasteiger partial charge in [-0.2, -0.15) is 0 Å². The number of carbonyl (C=O) groups excluding carboxylic acids is 2. The van der Waals surface area contributed by atoms with Gasteiger partial charge in [-0.15, -0.1) is 0 Å². The van der Waals surface area contributed by atoms with Crippen molar-refractivity contribution in [3.05, 3.63) is 24.3 Å². The minimum atomic E-state index is -0.692. The number of nitrogens with zero attached hydrogens (tertiary/aromatic N) is 1. The number of methoxy groups -OCH3 is 1. The van der Waals surface area contributed by atoms with E-state index in [0.717, 1.165) is 4.90 Å². The normalized spacial score (nSPS) is 9.38. The third-order valence-corrected chi connectivity index (χ3v) is 1.92. The number of hydrogen-bond acceptors (Lipinski definition) is 4. The Bertz CT molecular complexity index is 361. The highest BCUT2D eigenvalue weighted by Crippen LogP contribution is 2.18. The van der Waals surface area contributed by atoms with Crippen LogP contribution >= 0.6 is 0 Å². The minimum absolute atomic E-state index is 0.222. The highest BCUT2D eigenvalue weighted by Gasteiger charge is 2.15. The molecule has 0 aromatic heterocycles. The third-order valence-electron chi connectivity index (χ3n) is 1.92. The van der Waals surface area contributed by atoms with Crippen molar-refractivity contribution >= 4 is 18.2 Å². The molecule has 2 amide bonds. The van der Waals surface area contributed by atoms with Gasteiger partial charge < -0.3 is 9.47 Å². The smallest absolute Gasteiger partial charge is 0.420 e. The molecule has 1 rings (SSSR count). The lowest BCUT2D eigenvalue weighted by atomic mass is 10.3. The summed E-state index contributed by atoms with van der Waals surface area (Å²) in [5.74, 6) is 0.651. The summed E-state index contributed by atoms with van der Waals surface area (Å²) in [6.45, 7) is 1.90. The van der Waals surface area contributed by atoms with Crippen LogP contribution in [0.3, 0.4) is 0 Å². The number of ether oxygens (including phenoxy) is 2. The lowest BCUT2D eigenvalue weighted by Crippen LogP contribution is -2.29. The van der Waals surface area contributed by atoms with Gasteiger partial charge in [-0.1, -0.05) is 0 Å². The van der Waals surface area contributed by atoms with Crippen molar-refractivity contribution in [1.29, 1.82) is 0 Å². The van der Waals surface area contributed by atoms with E-state index in [-0.39, 0.29) is 6.61 Å². The molecule has 0 saturated carbocycles. The van der Waals surface area contributed by atoms with Crippen LogP contribution in [0, 0.1) is 0 Å². The molecule has 1 aromatic rings. The number of carbonyl (C=O) groups is 2. The SMILES string of the molecule is CCOC(=O)N(C=O)c1ccc(OC)cc1. The van der Waals surface area contributed by atoms with Gasteiger partial charge in [0.1, 0.15) is 5.75 Å². The van der Waals surface area contributed by atoms with E-state index in [0.29, 0.717) is 17.8 Å². The van der Waals surface area contributed by atoms with Crippen molar-refractivity contribution < 1.29 is 19.1 Å². The summed E-state index contributed by atoms with van der Waals surface area (Å²) in [6, 6.07) is 6.52. The van der Waals surface area contributed by atoms with E-state index < -0.39 is 6.09 Å². The maximum absolute atomic E-state index is 11.4. The van der Waals surface area contributed by atoms with Gasteiger partial charge in [0.25, 0.3) is 0 Å². The van der Waals surface area contributed by atoms with Crippen LogP contribution in [0.4, 0.5) is 10.5 Å². The Kier molecular flexibility index (Phi) is 4.32. The van der Waals surface area contributed by atoms with E-state index in [1.165, 1.54) is 7.11 Å². The molecule has 0 atom stereocenters. The van der Waals surface area contributed by atoms with Crippen molar-refractivity contribution in [3.8, 4) is 5.75 Å². The monoisotopic (exact) mass is 223 g/mol. The van der Waals surface area contributed by atoms with E-state index in [1.807, 2.05) is 0 Å². The quantitative estimate of drug-likeness (QED) is 0.730. The fourth-order valence-electron chi connectivity index (χ4n) is 1.15. The van der Waals surface area contributed by atoms with Crippen LogP contribution in [0.1, 0.15) is 6.92 Å². The number of benzene rings is 1. The third kappa shape index (κ3) is 2.73. The summed E-state index contributed by atoms with van der Waals surface area (Å²) in [4.78, 5) is 23.0. The molecule has 0 aliphatic rings. The molecule has 0 unspecified atom stereocenters. The molecule has 0 radical (unpaired) electrons. The van der Waals surface area contributed by atoms with Gasteiger partial charge in [-0.3, -0.25) is 4.79 Å². The second-order valence-electron chi connectivity index (χ2n) is 2.87. The lowest BCUT2D eigenvalue weighted by molar-refractivity contribution is -0.107. The highest BCUT2D eigenvalue weighted by atomic mass is 16.6. The molecule has 86 valence electrons.